The highest BCUT2D eigenvalue weighted by Gasteiger charge is 2.16. The van der Waals surface area contributed by atoms with Crippen LogP contribution in [-0.2, 0) is 14.3 Å². The van der Waals surface area contributed by atoms with Gasteiger partial charge in [0.15, 0.2) is 0 Å². The monoisotopic (exact) mass is 301 g/mol. The topological polar surface area (TPSA) is 55.4 Å². The number of carbonyl (C=O) groups is 2. The van der Waals surface area contributed by atoms with E-state index >= 15 is 0 Å². The first-order chi connectivity index (χ1) is 10.2. The van der Waals surface area contributed by atoms with Crippen LogP contribution in [0.2, 0.25) is 0 Å². The maximum absolute atomic E-state index is 11.7. The summed E-state index contributed by atoms with van der Waals surface area (Å²) in [7, 11) is 0. The fraction of sp³-hybridized carbons (Fsp3) is 0.125. The lowest BCUT2D eigenvalue weighted by Gasteiger charge is -2.10. The molecule has 5 heteroatoms. The van der Waals surface area contributed by atoms with Gasteiger partial charge in [-0.15, -0.1) is 0 Å². The third-order valence-corrected chi connectivity index (χ3v) is 3.65. The number of carbonyl (C=O) groups excluding carboxylic acids is 2. The Labute approximate surface area is 127 Å². The standard InChI is InChI=1S/C16H15NO3S/c1-2-20-16(19)15(18)17-13-10-6-7-11-14(13)21-12-8-4-3-5-9-12/h3-11H,2H2,1H3,(H,17,18). The van der Waals surface area contributed by atoms with Crippen molar-refractivity contribution in [2.75, 3.05) is 11.9 Å². The Hall–Kier alpha value is -2.27. The molecule has 0 bridgehead atoms. The summed E-state index contributed by atoms with van der Waals surface area (Å²) in [6.07, 6.45) is 0. The molecule has 0 aliphatic heterocycles. The zero-order valence-corrected chi connectivity index (χ0v) is 12.4. The van der Waals surface area contributed by atoms with E-state index in [2.05, 4.69) is 10.1 Å². The van der Waals surface area contributed by atoms with E-state index < -0.39 is 11.9 Å². The minimum Gasteiger partial charge on any atom is -0.459 e. The number of esters is 1. The summed E-state index contributed by atoms with van der Waals surface area (Å²) in [5.41, 5.74) is 0.587. The Balaban J connectivity index is 2.14. The van der Waals surface area contributed by atoms with Crippen molar-refractivity contribution < 1.29 is 14.3 Å². The largest absolute Gasteiger partial charge is 0.459 e. The number of para-hydroxylation sites is 1. The lowest BCUT2D eigenvalue weighted by atomic mass is 10.3. The molecule has 2 aromatic carbocycles. The molecule has 2 aromatic rings. The second-order valence-electron chi connectivity index (χ2n) is 4.09. The van der Waals surface area contributed by atoms with E-state index in [0.29, 0.717) is 5.69 Å². The van der Waals surface area contributed by atoms with E-state index in [1.54, 1.807) is 19.1 Å². The van der Waals surface area contributed by atoms with Gasteiger partial charge in [-0.1, -0.05) is 42.1 Å². The lowest BCUT2D eigenvalue weighted by Crippen LogP contribution is -2.25. The fourth-order valence-corrected chi connectivity index (χ4v) is 2.57. The van der Waals surface area contributed by atoms with Gasteiger partial charge < -0.3 is 10.1 Å². The number of nitrogens with one attached hydrogen (secondary N) is 1. The van der Waals surface area contributed by atoms with Gasteiger partial charge in [0.05, 0.1) is 12.3 Å². The van der Waals surface area contributed by atoms with Gasteiger partial charge in [0.1, 0.15) is 0 Å². The number of benzene rings is 2. The first kappa shape index (κ1) is 15.1. The van der Waals surface area contributed by atoms with E-state index in [4.69, 9.17) is 0 Å². The molecule has 0 aromatic heterocycles. The maximum Gasteiger partial charge on any atom is 0.397 e. The molecule has 0 aliphatic rings. The number of rotatable bonds is 4. The molecule has 0 aliphatic carbocycles. The fourth-order valence-electron chi connectivity index (χ4n) is 1.64. The summed E-state index contributed by atoms with van der Waals surface area (Å²) in [6, 6.07) is 17.1. The molecular formula is C16H15NO3S. The molecule has 0 heterocycles. The molecule has 21 heavy (non-hydrogen) atoms. The van der Waals surface area contributed by atoms with Gasteiger partial charge in [0.25, 0.3) is 0 Å². The summed E-state index contributed by atoms with van der Waals surface area (Å²) >= 11 is 1.51. The van der Waals surface area contributed by atoms with Crippen molar-refractivity contribution in [3.63, 3.8) is 0 Å². The predicted octanol–water partition coefficient (Wildman–Crippen LogP) is 3.34. The highest BCUT2D eigenvalue weighted by atomic mass is 32.2. The molecule has 1 N–H and O–H groups in total. The van der Waals surface area contributed by atoms with Crippen molar-refractivity contribution in [2.24, 2.45) is 0 Å². The average Bonchev–Trinajstić information content (AvgIpc) is 2.50. The molecule has 0 saturated carbocycles. The van der Waals surface area contributed by atoms with E-state index in [1.165, 1.54) is 11.8 Å². The quantitative estimate of drug-likeness (QED) is 0.695. The Bertz CT molecular complexity index is 628. The molecule has 4 nitrogen and oxygen atoms in total. The van der Waals surface area contributed by atoms with E-state index in [-0.39, 0.29) is 6.61 Å². The number of anilines is 1. The van der Waals surface area contributed by atoms with Crippen LogP contribution in [0.25, 0.3) is 0 Å². The van der Waals surface area contributed by atoms with Crippen LogP contribution in [0.3, 0.4) is 0 Å². The van der Waals surface area contributed by atoms with Crippen molar-refractivity contribution in [2.45, 2.75) is 16.7 Å². The summed E-state index contributed by atoms with van der Waals surface area (Å²) < 4.78 is 4.68. The van der Waals surface area contributed by atoms with Crippen LogP contribution in [0, 0.1) is 0 Å². The molecule has 108 valence electrons. The van der Waals surface area contributed by atoms with Crippen molar-refractivity contribution in [3.05, 3.63) is 54.6 Å². The Morgan fingerprint density at radius 2 is 1.71 bits per heavy atom. The van der Waals surface area contributed by atoms with Crippen LogP contribution < -0.4 is 5.32 Å². The maximum atomic E-state index is 11.7. The molecule has 1 amide bonds. The first-order valence-corrected chi connectivity index (χ1v) is 7.32. The van der Waals surface area contributed by atoms with Gasteiger partial charge >= 0.3 is 11.9 Å². The zero-order chi connectivity index (χ0) is 15.1. The van der Waals surface area contributed by atoms with Crippen LogP contribution in [-0.4, -0.2) is 18.5 Å². The molecule has 0 fully saturated rings. The third-order valence-electron chi connectivity index (χ3n) is 2.57. The number of ether oxygens (including phenoxy) is 1. The van der Waals surface area contributed by atoms with Gasteiger partial charge in [0.2, 0.25) is 0 Å². The van der Waals surface area contributed by atoms with Gasteiger partial charge in [-0.25, -0.2) is 4.79 Å². The van der Waals surface area contributed by atoms with E-state index in [1.807, 2.05) is 42.5 Å². The second kappa shape index (κ2) is 7.50. The van der Waals surface area contributed by atoms with E-state index in [9.17, 15) is 9.59 Å². The summed E-state index contributed by atoms with van der Waals surface area (Å²) in [4.78, 5) is 25.0. The lowest BCUT2D eigenvalue weighted by molar-refractivity contribution is -0.152. The number of hydrogen-bond acceptors (Lipinski definition) is 4. The highest BCUT2D eigenvalue weighted by molar-refractivity contribution is 7.99. The molecule has 0 unspecified atom stereocenters. The van der Waals surface area contributed by atoms with Gasteiger partial charge in [-0.2, -0.15) is 0 Å². The molecule has 0 saturated heterocycles. The molecule has 0 spiro atoms. The minimum atomic E-state index is -0.878. The second-order valence-corrected chi connectivity index (χ2v) is 5.20. The van der Waals surface area contributed by atoms with Crippen molar-refractivity contribution in [1.82, 2.24) is 0 Å². The average molecular weight is 301 g/mol. The Morgan fingerprint density at radius 1 is 1.05 bits per heavy atom. The molecular weight excluding hydrogens is 286 g/mol. The summed E-state index contributed by atoms with van der Waals surface area (Å²) in [5.74, 6) is -1.64. The molecule has 0 atom stereocenters. The number of hydrogen-bond donors (Lipinski definition) is 1. The SMILES string of the molecule is CCOC(=O)C(=O)Nc1ccccc1Sc1ccccc1. The van der Waals surface area contributed by atoms with Crippen molar-refractivity contribution in [1.29, 1.82) is 0 Å². The van der Waals surface area contributed by atoms with Crippen LogP contribution in [0.15, 0.2) is 64.4 Å². The van der Waals surface area contributed by atoms with Crippen LogP contribution in [0.5, 0.6) is 0 Å². The van der Waals surface area contributed by atoms with Gasteiger partial charge in [-0.05, 0) is 31.2 Å². The minimum absolute atomic E-state index is 0.173. The summed E-state index contributed by atoms with van der Waals surface area (Å²) in [5, 5.41) is 2.58. The Kier molecular flexibility index (Phi) is 5.40. The third kappa shape index (κ3) is 4.36. The smallest absolute Gasteiger partial charge is 0.397 e. The van der Waals surface area contributed by atoms with Gasteiger partial charge in [-0.3, -0.25) is 4.79 Å². The first-order valence-electron chi connectivity index (χ1n) is 6.50. The van der Waals surface area contributed by atoms with Crippen LogP contribution >= 0.6 is 11.8 Å². The summed E-state index contributed by atoms with van der Waals surface area (Å²) in [6.45, 7) is 1.83. The number of amides is 1. The van der Waals surface area contributed by atoms with Crippen molar-refractivity contribution >= 4 is 29.3 Å². The van der Waals surface area contributed by atoms with E-state index in [0.717, 1.165) is 9.79 Å². The van der Waals surface area contributed by atoms with Gasteiger partial charge in [0, 0.05) is 9.79 Å². The zero-order valence-electron chi connectivity index (χ0n) is 11.5. The van der Waals surface area contributed by atoms with Crippen molar-refractivity contribution in [3.8, 4) is 0 Å². The van der Waals surface area contributed by atoms with Crippen LogP contribution in [0.1, 0.15) is 6.92 Å². The molecule has 2 rings (SSSR count). The predicted molar refractivity (Wildman–Crippen MR) is 82.3 cm³/mol. The highest BCUT2D eigenvalue weighted by Crippen LogP contribution is 2.33. The normalized spacial score (nSPS) is 9.95. The molecule has 0 radical (unpaired) electrons. The van der Waals surface area contributed by atoms with Crippen LogP contribution in [0.4, 0.5) is 5.69 Å². The Morgan fingerprint density at radius 3 is 2.43 bits per heavy atom.